The fourth-order valence-corrected chi connectivity index (χ4v) is 2.15. The number of nitro groups is 1. The predicted molar refractivity (Wildman–Crippen MR) is 68.9 cm³/mol. The van der Waals surface area contributed by atoms with Crippen LogP contribution in [0, 0.1) is 10.1 Å². The van der Waals surface area contributed by atoms with Crippen LogP contribution in [0.5, 0.6) is 0 Å². The maximum atomic E-state index is 10.4. The number of aliphatic hydroxyl groups is 1. The van der Waals surface area contributed by atoms with E-state index in [2.05, 4.69) is 5.10 Å². The summed E-state index contributed by atoms with van der Waals surface area (Å²) < 4.78 is 6.68. The molecule has 0 fully saturated rings. The molecule has 2 heterocycles. The van der Waals surface area contributed by atoms with E-state index in [9.17, 15) is 15.2 Å². The Balaban J connectivity index is 1.74. The van der Waals surface area contributed by atoms with E-state index in [1.54, 1.807) is 11.3 Å². The lowest BCUT2D eigenvalue weighted by Crippen LogP contribution is -2.22. The van der Waals surface area contributed by atoms with Gasteiger partial charge in [-0.05, 0) is 16.4 Å². The van der Waals surface area contributed by atoms with E-state index in [0.717, 1.165) is 4.88 Å². The average molecular weight is 283 g/mol. The first-order valence-electron chi connectivity index (χ1n) is 5.61. The highest BCUT2D eigenvalue weighted by Gasteiger charge is 2.14. The molecule has 19 heavy (non-hydrogen) atoms. The zero-order chi connectivity index (χ0) is 13.7. The van der Waals surface area contributed by atoms with Crippen LogP contribution in [0.4, 0.5) is 5.82 Å². The minimum Gasteiger partial charge on any atom is -0.389 e. The third-order valence-corrected chi connectivity index (χ3v) is 3.20. The second kappa shape index (κ2) is 6.41. The maximum absolute atomic E-state index is 10.4. The molecule has 0 aliphatic rings. The molecule has 0 aliphatic heterocycles. The van der Waals surface area contributed by atoms with E-state index >= 15 is 0 Å². The van der Waals surface area contributed by atoms with Crippen LogP contribution in [0.15, 0.2) is 29.8 Å². The van der Waals surface area contributed by atoms with Crippen LogP contribution in [0.3, 0.4) is 0 Å². The summed E-state index contributed by atoms with van der Waals surface area (Å²) in [7, 11) is 0. The van der Waals surface area contributed by atoms with Crippen LogP contribution in [-0.2, 0) is 17.9 Å². The van der Waals surface area contributed by atoms with Crippen molar-refractivity contribution in [2.45, 2.75) is 19.3 Å². The van der Waals surface area contributed by atoms with Crippen molar-refractivity contribution in [2.24, 2.45) is 0 Å². The van der Waals surface area contributed by atoms with Crippen molar-refractivity contribution < 1.29 is 14.8 Å². The highest BCUT2D eigenvalue weighted by atomic mass is 32.1. The maximum Gasteiger partial charge on any atom is 0.389 e. The van der Waals surface area contributed by atoms with Crippen molar-refractivity contribution in [3.05, 3.63) is 44.8 Å². The van der Waals surface area contributed by atoms with Crippen LogP contribution in [0.1, 0.15) is 4.88 Å². The van der Waals surface area contributed by atoms with Gasteiger partial charge in [0.05, 0.1) is 43.2 Å². The van der Waals surface area contributed by atoms with Crippen LogP contribution >= 0.6 is 11.3 Å². The molecule has 0 radical (unpaired) electrons. The fourth-order valence-electron chi connectivity index (χ4n) is 1.51. The first-order valence-corrected chi connectivity index (χ1v) is 6.49. The number of thiophene rings is 1. The van der Waals surface area contributed by atoms with Gasteiger partial charge in [0, 0.05) is 4.88 Å². The standard InChI is InChI=1S/C11H13N3O4S/c15-9(7-18-8-10-2-1-5-19-10)6-13-4-3-11(12-13)14(16)17/h1-5,9,15H,6-8H2/t9-/m0/s1. The molecule has 0 amide bonds. The van der Waals surface area contributed by atoms with Crippen LogP contribution in [0.25, 0.3) is 0 Å². The molecule has 0 bridgehead atoms. The van der Waals surface area contributed by atoms with Gasteiger partial charge in [0.15, 0.2) is 0 Å². The van der Waals surface area contributed by atoms with E-state index in [1.165, 1.54) is 16.9 Å². The Morgan fingerprint density at radius 1 is 1.58 bits per heavy atom. The molecule has 0 unspecified atom stereocenters. The Kier molecular flexibility index (Phi) is 4.61. The number of hydrogen-bond acceptors (Lipinski definition) is 6. The number of aliphatic hydroxyl groups excluding tert-OH is 1. The van der Waals surface area contributed by atoms with Gasteiger partial charge in [0.1, 0.15) is 0 Å². The van der Waals surface area contributed by atoms with E-state index in [-0.39, 0.29) is 19.0 Å². The van der Waals surface area contributed by atoms with Gasteiger partial charge in [-0.15, -0.1) is 11.3 Å². The molecule has 2 aromatic heterocycles. The van der Waals surface area contributed by atoms with Crippen LogP contribution in [0.2, 0.25) is 0 Å². The van der Waals surface area contributed by atoms with Gasteiger partial charge in [-0.3, -0.25) is 0 Å². The van der Waals surface area contributed by atoms with Crippen molar-refractivity contribution in [3.8, 4) is 0 Å². The zero-order valence-electron chi connectivity index (χ0n) is 10.0. The van der Waals surface area contributed by atoms with Gasteiger partial charge in [0.25, 0.3) is 0 Å². The average Bonchev–Trinajstić information content (AvgIpc) is 3.00. The molecule has 1 N–H and O–H groups in total. The van der Waals surface area contributed by atoms with Gasteiger partial charge in [0.2, 0.25) is 0 Å². The molecule has 8 heteroatoms. The summed E-state index contributed by atoms with van der Waals surface area (Å²) in [5, 5.41) is 25.8. The second-order valence-corrected chi connectivity index (χ2v) is 4.93. The molecule has 0 spiro atoms. The molecule has 102 valence electrons. The molecule has 0 aliphatic carbocycles. The second-order valence-electron chi connectivity index (χ2n) is 3.90. The molecule has 2 aromatic rings. The summed E-state index contributed by atoms with van der Waals surface area (Å²) in [6.45, 7) is 0.776. The summed E-state index contributed by atoms with van der Waals surface area (Å²) in [4.78, 5) is 11.0. The monoisotopic (exact) mass is 283 g/mol. The molecular weight excluding hydrogens is 270 g/mol. The Bertz CT molecular complexity index is 526. The number of nitrogens with zero attached hydrogens (tertiary/aromatic N) is 3. The van der Waals surface area contributed by atoms with E-state index in [0.29, 0.717) is 6.61 Å². The van der Waals surface area contributed by atoms with Gasteiger partial charge >= 0.3 is 5.82 Å². The van der Waals surface area contributed by atoms with Crippen LogP contribution < -0.4 is 0 Å². The molecular formula is C11H13N3O4S. The van der Waals surface area contributed by atoms with E-state index in [4.69, 9.17) is 4.74 Å². The number of ether oxygens (including phenoxy) is 1. The van der Waals surface area contributed by atoms with Gasteiger partial charge in [-0.2, -0.15) is 4.68 Å². The predicted octanol–water partition coefficient (Wildman–Crippen LogP) is 1.43. The van der Waals surface area contributed by atoms with Gasteiger partial charge < -0.3 is 20.0 Å². The molecule has 2 rings (SSSR count). The number of aromatic nitrogens is 2. The molecule has 7 nitrogen and oxygen atoms in total. The smallest absolute Gasteiger partial charge is 0.389 e. The number of rotatable bonds is 7. The molecule has 0 saturated heterocycles. The first-order chi connectivity index (χ1) is 9.15. The minimum absolute atomic E-state index is 0.158. The molecule has 0 aromatic carbocycles. The zero-order valence-corrected chi connectivity index (χ0v) is 10.8. The summed E-state index contributed by atoms with van der Waals surface area (Å²) >= 11 is 1.59. The highest BCUT2D eigenvalue weighted by molar-refractivity contribution is 7.09. The number of hydrogen-bond donors (Lipinski definition) is 1. The van der Waals surface area contributed by atoms with Crippen molar-refractivity contribution in [3.63, 3.8) is 0 Å². The normalized spacial score (nSPS) is 12.5. The lowest BCUT2D eigenvalue weighted by atomic mass is 10.4. The van der Waals surface area contributed by atoms with Crippen molar-refractivity contribution in [1.29, 1.82) is 0 Å². The Labute approximate surface area is 113 Å². The lowest BCUT2D eigenvalue weighted by Gasteiger charge is -2.08. The summed E-state index contributed by atoms with van der Waals surface area (Å²) in [5.74, 6) is -0.230. The lowest BCUT2D eigenvalue weighted by molar-refractivity contribution is -0.389. The summed E-state index contributed by atoms with van der Waals surface area (Å²) in [5.41, 5.74) is 0. The minimum atomic E-state index is -0.750. The Hall–Kier alpha value is -1.77. The van der Waals surface area contributed by atoms with Gasteiger partial charge in [-0.25, -0.2) is 0 Å². The van der Waals surface area contributed by atoms with Crippen molar-refractivity contribution >= 4 is 17.2 Å². The van der Waals surface area contributed by atoms with Gasteiger partial charge in [-0.1, -0.05) is 6.07 Å². The molecule has 0 saturated carbocycles. The third-order valence-electron chi connectivity index (χ3n) is 2.35. The Morgan fingerprint density at radius 2 is 2.42 bits per heavy atom. The molecule has 1 atom stereocenters. The summed E-state index contributed by atoms with van der Waals surface area (Å²) in [6.07, 6.45) is 0.708. The SMILES string of the molecule is O=[N+]([O-])c1ccn(C[C@H](O)COCc2cccs2)n1. The Morgan fingerprint density at radius 3 is 3.05 bits per heavy atom. The fraction of sp³-hybridized carbons (Fsp3) is 0.364. The quantitative estimate of drug-likeness (QED) is 0.613. The van der Waals surface area contributed by atoms with E-state index in [1.807, 2.05) is 17.5 Å². The summed E-state index contributed by atoms with van der Waals surface area (Å²) in [6, 6.07) is 5.18. The third kappa shape index (κ3) is 4.12. The topological polar surface area (TPSA) is 90.4 Å². The first kappa shape index (κ1) is 13.7. The largest absolute Gasteiger partial charge is 0.389 e. The van der Waals surface area contributed by atoms with Crippen LogP contribution in [-0.4, -0.2) is 32.5 Å². The van der Waals surface area contributed by atoms with E-state index < -0.39 is 11.0 Å². The van der Waals surface area contributed by atoms with Crippen molar-refractivity contribution in [2.75, 3.05) is 6.61 Å². The van der Waals surface area contributed by atoms with Crippen molar-refractivity contribution in [1.82, 2.24) is 9.78 Å². The highest BCUT2D eigenvalue weighted by Crippen LogP contribution is 2.10.